The van der Waals surface area contributed by atoms with Gasteiger partial charge in [0.25, 0.3) is 0 Å². The molecule has 1 aromatic rings. The maximum atomic E-state index is 5.14. The summed E-state index contributed by atoms with van der Waals surface area (Å²) in [5.74, 6) is 0.786. The van der Waals surface area contributed by atoms with Crippen molar-refractivity contribution in [2.75, 3.05) is 20.3 Å². The topological polar surface area (TPSA) is 34.1 Å². The summed E-state index contributed by atoms with van der Waals surface area (Å²) in [5.41, 5.74) is 1.24. The number of thiazole rings is 1. The van der Waals surface area contributed by atoms with Gasteiger partial charge in [-0.1, -0.05) is 6.92 Å². The Labute approximate surface area is 108 Å². The third kappa shape index (κ3) is 2.87. The van der Waals surface area contributed by atoms with E-state index in [1.165, 1.54) is 24.3 Å². The number of rotatable bonds is 5. The van der Waals surface area contributed by atoms with Gasteiger partial charge in [0.05, 0.1) is 12.1 Å². The molecule has 1 fully saturated rings. The van der Waals surface area contributed by atoms with Gasteiger partial charge in [-0.25, -0.2) is 4.98 Å². The fourth-order valence-corrected chi connectivity index (χ4v) is 3.70. The maximum Gasteiger partial charge on any atom is 0.113 e. The molecule has 2 unspecified atom stereocenters. The molecule has 3 nitrogen and oxygen atoms in total. The molecule has 0 aromatic carbocycles. The van der Waals surface area contributed by atoms with Crippen molar-refractivity contribution < 1.29 is 4.74 Å². The van der Waals surface area contributed by atoms with E-state index in [1.807, 2.05) is 0 Å². The number of aromatic nitrogens is 1. The third-order valence-corrected chi connectivity index (χ3v) is 4.72. The summed E-state index contributed by atoms with van der Waals surface area (Å²) in [4.78, 5) is 4.69. The predicted octanol–water partition coefficient (Wildman–Crippen LogP) is 2.70. The van der Waals surface area contributed by atoms with Gasteiger partial charge in [-0.3, -0.25) is 0 Å². The SMILES string of the molecule is COCCNC1(c2nc(C)cs2)CCC(C)C1. The molecule has 2 rings (SSSR count). The van der Waals surface area contributed by atoms with Crippen LogP contribution in [0.3, 0.4) is 0 Å². The lowest BCUT2D eigenvalue weighted by molar-refractivity contribution is 0.182. The van der Waals surface area contributed by atoms with Crippen LogP contribution >= 0.6 is 11.3 Å². The Hall–Kier alpha value is -0.450. The summed E-state index contributed by atoms with van der Waals surface area (Å²) in [6.07, 6.45) is 3.69. The van der Waals surface area contributed by atoms with E-state index in [4.69, 9.17) is 9.72 Å². The molecule has 1 aromatic heterocycles. The summed E-state index contributed by atoms with van der Waals surface area (Å²) in [6.45, 7) is 6.07. The summed E-state index contributed by atoms with van der Waals surface area (Å²) in [7, 11) is 1.75. The molecule has 96 valence electrons. The van der Waals surface area contributed by atoms with Gasteiger partial charge in [-0.2, -0.15) is 0 Å². The van der Waals surface area contributed by atoms with Crippen LogP contribution in [0.1, 0.15) is 36.9 Å². The number of hydrogen-bond donors (Lipinski definition) is 1. The highest BCUT2D eigenvalue weighted by molar-refractivity contribution is 7.09. The quantitative estimate of drug-likeness (QED) is 0.820. The standard InChI is InChI=1S/C13H22N2OS/c1-10-4-5-13(8-10,14-6-7-16-3)12-15-11(2)9-17-12/h9-10,14H,4-8H2,1-3H3. The Morgan fingerprint density at radius 3 is 3.00 bits per heavy atom. The first-order valence-corrected chi connectivity index (χ1v) is 7.21. The Balaban J connectivity index is 2.13. The van der Waals surface area contributed by atoms with Crippen molar-refractivity contribution in [1.29, 1.82) is 0 Å². The Kier molecular flexibility index (Phi) is 4.17. The molecule has 1 N–H and O–H groups in total. The summed E-state index contributed by atoms with van der Waals surface area (Å²) < 4.78 is 5.14. The van der Waals surface area contributed by atoms with E-state index in [0.29, 0.717) is 0 Å². The molecule has 0 radical (unpaired) electrons. The first-order valence-electron chi connectivity index (χ1n) is 6.33. The highest BCUT2D eigenvalue weighted by Crippen LogP contribution is 2.42. The van der Waals surface area contributed by atoms with Crippen molar-refractivity contribution in [3.63, 3.8) is 0 Å². The molecule has 0 saturated heterocycles. The minimum Gasteiger partial charge on any atom is -0.383 e. The molecular weight excluding hydrogens is 232 g/mol. The van der Waals surface area contributed by atoms with Crippen molar-refractivity contribution in [1.82, 2.24) is 10.3 Å². The molecule has 0 amide bonds. The molecule has 0 aliphatic heterocycles. The molecule has 1 aliphatic carbocycles. The van der Waals surface area contributed by atoms with Gasteiger partial charge >= 0.3 is 0 Å². The fourth-order valence-electron chi connectivity index (χ4n) is 2.69. The van der Waals surface area contributed by atoms with E-state index in [2.05, 4.69) is 24.5 Å². The van der Waals surface area contributed by atoms with Crippen LogP contribution in [0.15, 0.2) is 5.38 Å². The lowest BCUT2D eigenvalue weighted by Gasteiger charge is -2.28. The first kappa shape index (κ1) is 13.0. The molecule has 1 saturated carbocycles. The molecular formula is C13H22N2OS. The zero-order valence-corrected chi connectivity index (χ0v) is 11.8. The van der Waals surface area contributed by atoms with Crippen molar-refractivity contribution >= 4 is 11.3 Å². The van der Waals surface area contributed by atoms with Crippen molar-refractivity contribution in [2.45, 2.75) is 38.6 Å². The molecule has 2 atom stereocenters. The van der Waals surface area contributed by atoms with E-state index in [0.717, 1.165) is 24.8 Å². The first-order chi connectivity index (χ1) is 8.16. The molecule has 0 spiro atoms. The third-order valence-electron chi connectivity index (χ3n) is 3.56. The van der Waals surface area contributed by atoms with Gasteiger partial charge in [-0.05, 0) is 32.1 Å². The van der Waals surface area contributed by atoms with Crippen LogP contribution in [-0.2, 0) is 10.3 Å². The van der Waals surface area contributed by atoms with Crippen LogP contribution in [0.2, 0.25) is 0 Å². The zero-order valence-electron chi connectivity index (χ0n) is 11.0. The van der Waals surface area contributed by atoms with Crippen LogP contribution in [0.5, 0.6) is 0 Å². The Bertz CT molecular complexity index is 366. The lowest BCUT2D eigenvalue weighted by Crippen LogP contribution is -2.41. The number of nitrogens with one attached hydrogen (secondary N) is 1. The van der Waals surface area contributed by atoms with Crippen LogP contribution in [0.4, 0.5) is 0 Å². The van der Waals surface area contributed by atoms with E-state index >= 15 is 0 Å². The number of nitrogens with zero attached hydrogens (tertiary/aromatic N) is 1. The lowest BCUT2D eigenvalue weighted by atomic mass is 9.97. The summed E-state index contributed by atoms with van der Waals surface area (Å²) in [5, 5.41) is 7.09. The second-order valence-electron chi connectivity index (χ2n) is 5.14. The van der Waals surface area contributed by atoms with Crippen LogP contribution in [0.25, 0.3) is 0 Å². The normalized spacial score (nSPS) is 28.8. The fraction of sp³-hybridized carbons (Fsp3) is 0.769. The zero-order chi connectivity index (χ0) is 12.3. The van der Waals surface area contributed by atoms with E-state index in [1.54, 1.807) is 18.4 Å². The second kappa shape index (κ2) is 5.46. The van der Waals surface area contributed by atoms with Crippen LogP contribution < -0.4 is 5.32 Å². The average Bonchev–Trinajstić information content (AvgIpc) is 2.87. The van der Waals surface area contributed by atoms with Gasteiger partial charge in [0.1, 0.15) is 5.01 Å². The minimum absolute atomic E-state index is 0.108. The maximum absolute atomic E-state index is 5.14. The predicted molar refractivity (Wildman–Crippen MR) is 71.4 cm³/mol. The highest BCUT2D eigenvalue weighted by Gasteiger charge is 2.40. The van der Waals surface area contributed by atoms with Gasteiger partial charge in [0.2, 0.25) is 0 Å². The molecule has 17 heavy (non-hydrogen) atoms. The Morgan fingerprint density at radius 2 is 2.47 bits per heavy atom. The van der Waals surface area contributed by atoms with Gasteiger partial charge in [0.15, 0.2) is 0 Å². The average molecular weight is 254 g/mol. The largest absolute Gasteiger partial charge is 0.383 e. The van der Waals surface area contributed by atoms with Crippen LogP contribution in [-0.4, -0.2) is 25.2 Å². The smallest absolute Gasteiger partial charge is 0.113 e. The van der Waals surface area contributed by atoms with Crippen molar-refractivity contribution in [3.05, 3.63) is 16.1 Å². The van der Waals surface area contributed by atoms with Crippen molar-refractivity contribution in [3.8, 4) is 0 Å². The number of ether oxygens (including phenoxy) is 1. The van der Waals surface area contributed by atoms with E-state index < -0.39 is 0 Å². The van der Waals surface area contributed by atoms with E-state index in [-0.39, 0.29) is 5.54 Å². The second-order valence-corrected chi connectivity index (χ2v) is 6.00. The summed E-state index contributed by atoms with van der Waals surface area (Å²) >= 11 is 1.79. The number of hydrogen-bond acceptors (Lipinski definition) is 4. The van der Waals surface area contributed by atoms with Gasteiger partial charge in [-0.15, -0.1) is 11.3 Å². The number of methoxy groups -OCH3 is 1. The van der Waals surface area contributed by atoms with Gasteiger partial charge in [0, 0.05) is 24.7 Å². The van der Waals surface area contributed by atoms with E-state index in [9.17, 15) is 0 Å². The Morgan fingerprint density at radius 1 is 1.65 bits per heavy atom. The minimum atomic E-state index is 0.108. The van der Waals surface area contributed by atoms with Crippen molar-refractivity contribution in [2.24, 2.45) is 5.92 Å². The molecule has 0 bridgehead atoms. The van der Waals surface area contributed by atoms with Crippen LogP contribution in [0, 0.1) is 12.8 Å². The molecule has 1 aliphatic rings. The van der Waals surface area contributed by atoms with Gasteiger partial charge < -0.3 is 10.1 Å². The highest BCUT2D eigenvalue weighted by atomic mass is 32.1. The monoisotopic (exact) mass is 254 g/mol. The number of aryl methyl sites for hydroxylation is 1. The molecule has 4 heteroatoms. The molecule has 1 heterocycles. The summed E-state index contributed by atoms with van der Waals surface area (Å²) in [6, 6.07) is 0.